The molecule has 1 fully saturated rings. The summed E-state index contributed by atoms with van der Waals surface area (Å²) in [6, 6.07) is 6.60. The smallest absolute Gasteiger partial charge is 0.221 e. The highest BCUT2D eigenvalue weighted by Gasteiger charge is 2.23. The molecule has 156 valence electrons. The van der Waals surface area contributed by atoms with Crippen LogP contribution in [0.2, 0.25) is 0 Å². The number of aliphatic imine (C=N–C) groups is 1. The molecule has 0 aliphatic carbocycles. The fraction of sp³-hybridized carbons (Fsp3) is 0.600. The van der Waals surface area contributed by atoms with Crippen molar-refractivity contribution in [2.24, 2.45) is 16.6 Å². The first-order valence-electron chi connectivity index (χ1n) is 9.93. The molecule has 1 aliphatic heterocycles. The van der Waals surface area contributed by atoms with Gasteiger partial charge in [-0.1, -0.05) is 0 Å². The van der Waals surface area contributed by atoms with E-state index in [9.17, 15) is 9.18 Å². The van der Waals surface area contributed by atoms with Crippen LogP contribution in [0.5, 0.6) is 0 Å². The number of primary amides is 1. The number of carbonyl (C=O) groups excluding carboxylic acids is 1. The average Bonchev–Trinajstić information content (AvgIpc) is 2.71. The average molecular weight is 410 g/mol. The van der Waals surface area contributed by atoms with Crippen molar-refractivity contribution in [1.82, 2.24) is 15.5 Å². The molecule has 28 heavy (non-hydrogen) atoms. The standard InChI is InChI=1S/C20H32FN5OS/c1-23-20(25-11-4-14-28-18-8-6-17(21)7-9-18)24-10-3-13-26-12-2-5-16(15-26)19(22)27/h6-9,16H,2-5,10-15H2,1H3,(H2,22,27)(H2,23,24,25). The number of rotatable bonds is 10. The molecule has 0 saturated carbocycles. The third-order valence-corrected chi connectivity index (χ3v) is 5.87. The van der Waals surface area contributed by atoms with E-state index in [0.717, 1.165) is 75.0 Å². The summed E-state index contributed by atoms with van der Waals surface area (Å²) in [6.07, 6.45) is 3.94. The van der Waals surface area contributed by atoms with Crippen molar-refractivity contribution in [3.63, 3.8) is 0 Å². The Morgan fingerprint density at radius 1 is 1.29 bits per heavy atom. The maximum absolute atomic E-state index is 12.9. The van der Waals surface area contributed by atoms with Gasteiger partial charge in [0, 0.05) is 31.6 Å². The molecule has 1 aliphatic rings. The topological polar surface area (TPSA) is 82.8 Å². The first-order valence-corrected chi connectivity index (χ1v) is 10.9. The molecule has 1 aromatic carbocycles. The molecule has 0 radical (unpaired) electrons. The van der Waals surface area contributed by atoms with Crippen molar-refractivity contribution in [2.75, 3.05) is 45.5 Å². The zero-order valence-corrected chi connectivity index (χ0v) is 17.4. The van der Waals surface area contributed by atoms with Crippen LogP contribution in [0.4, 0.5) is 4.39 Å². The zero-order valence-electron chi connectivity index (χ0n) is 16.6. The Morgan fingerprint density at radius 2 is 2.00 bits per heavy atom. The van der Waals surface area contributed by atoms with Crippen LogP contribution in [0.1, 0.15) is 25.7 Å². The van der Waals surface area contributed by atoms with Crippen molar-refractivity contribution in [1.29, 1.82) is 0 Å². The third-order valence-electron chi connectivity index (χ3n) is 4.77. The molecule has 1 heterocycles. The number of piperidine rings is 1. The summed E-state index contributed by atoms with van der Waals surface area (Å²) < 4.78 is 12.9. The highest BCUT2D eigenvalue weighted by atomic mass is 32.2. The number of amides is 1. The van der Waals surface area contributed by atoms with Crippen LogP contribution in [-0.4, -0.2) is 62.3 Å². The minimum atomic E-state index is -0.200. The quantitative estimate of drug-likeness (QED) is 0.238. The molecule has 2 rings (SSSR count). The Balaban J connectivity index is 1.52. The Kier molecular flexibility index (Phi) is 10.1. The Hall–Kier alpha value is -1.80. The summed E-state index contributed by atoms with van der Waals surface area (Å²) in [6.45, 7) is 4.46. The minimum absolute atomic E-state index is 0.00363. The van der Waals surface area contributed by atoms with E-state index in [0.29, 0.717) is 0 Å². The number of thioether (sulfide) groups is 1. The monoisotopic (exact) mass is 409 g/mol. The molecular weight excluding hydrogens is 377 g/mol. The highest BCUT2D eigenvalue weighted by molar-refractivity contribution is 7.99. The van der Waals surface area contributed by atoms with Gasteiger partial charge in [-0.2, -0.15) is 0 Å². The van der Waals surface area contributed by atoms with Gasteiger partial charge in [-0.3, -0.25) is 9.79 Å². The lowest BCUT2D eigenvalue weighted by atomic mass is 9.97. The van der Waals surface area contributed by atoms with Gasteiger partial charge in [0.25, 0.3) is 0 Å². The van der Waals surface area contributed by atoms with Gasteiger partial charge >= 0.3 is 0 Å². The summed E-state index contributed by atoms with van der Waals surface area (Å²) >= 11 is 1.72. The van der Waals surface area contributed by atoms with Crippen molar-refractivity contribution >= 4 is 23.6 Å². The van der Waals surface area contributed by atoms with Crippen molar-refractivity contribution in [2.45, 2.75) is 30.6 Å². The van der Waals surface area contributed by atoms with E-state index in [1.165, 1.54) is 12.1 Å². The number of nitrogens with zero attached hydrogens (tertiary/aromatic N) is 2. The number of carbonyl (C=O) groups is 1. The predicted molar refractivity (Wildman–Crippen MR) is 114 cm³/mol. The van der Waals surface area contributed by atoms with E-state index in [2.05, 4.69) is 20.5 Å². The number of halogens is 1. The molecule has 1 amide bonds. The van der Waals surface area contributed by atoms with Gasteiger partial charge < -0.3 is 21.3 Å². The highest BCUT2D eigenvalue weighted by Crippen LogP contribution is 2.18. The molecule has 1 atom stereocenters. The first kappa shape index (κ1) is 22.5. The number of benzene rings is 1. The maximum Gasteiger partial charge on any atom is 0.221 e. The van der Waals surface area contributed by atoms with E-state index in [1.807, 2.05) is 12.1 Å². The summed E-state index contributed by atoms with van der Waals surface area (Å²) in [5.74, 6) is 1.40. The van der Waals surface area contributed by atoms with Crippen LogP contribution in [0.25, 0.3) is 0 Å². The second kappa shape index (κ2) is 12.6. The largest absolute Gasteiger partial charge is 0.369 e. The van der Waals surface area contributed by atoms with Crippen LogP contribution in [0.3, 0.4) is 0 Å². The number of nitrogens with one attached hydrogen (secondary N) is 2. The second-order valence-electron chi connectivity index (χ2n) is 6.98. The Morgan fingerprint density at radius 3 is 2.68 bits per heavy atom. The molecule has 8 heteroatoms. The number of guanidine groups is 1. The van der Waals surface area contributed by atoms with Gasteiger partial charge in [-0.25, -0.2) is 4.39 Å². The fourth-order valence-electron chi connectivity index (χ4n) is 3.22. The van der Waals surface area contributed by atoms with Crippen LogP contribution < -0.4 is 16.4 Å². The molecule has 1 saturated heterocycles. The van der Waals surface area contributed by atoms with Gasteiger partial charge in [0.15, 0.2) is 5.96 Å². The third kappa shape index (κ3) is 8.48. The van der Waals surface area contributed by atoms with Crippen LogP contribution >= 0.6 is 11.8 Å². The molecule has 0 spiro atoms. The van der Waals surface area contributed by atoms with Crippen molar-refractivity contribution < 1.29 is 9.18 Å². The van der Waals surface area contributed by atoms with E-state index >= 15 is 0 Å². The second-order valence-corrected chi connectivity index (χ2v) is 8.15. The summed E-state index contributed by atoms with van der Waals surface area (Å²) in [5.41, 5.74) is 5.43. The summed E-state index contributed by atoms with van der Waals surface area (Å²) in [5, 5.41) is 6.65. The van der Waals surface area contributed by atoms with Gasteiger partial charge in [0.05, 0.1) is 5.92 Å². The van der Waals surface area contributed by atoms with E-state index in [1.54, 1.807) is 18.8 Å². The lowest BCUT2D eigenvalue weighted by molar-refractivity contribution is -0.123. The molecule has 0 bridgehead atoms. The summed E-state index contributed by atoms with van der Waals surface area (Å²) in [7, 11) is 1.77. The lowest BCUT2D eigenvalue weighted by Crippen LogP contribution is -2.43. The maximum atomic E-state index is 12.9. The zero-order chi connectivity index (χ0) is 20.2. The summed E-state index contributed by atoms with van der Waals surface area (Å²) in [4.78, 5) is 19.0. The van der Waals surface area contributed by atoms with Crippen LogP contribution in [0, 0.1) is 11.7 Å². The van der Waals surface area contributed by atoms with E-state index in [4.69, 9.17) is 5.73 Å². The van der Waals surface area contributed by atoms with Crippen molar-refractivity contribution in [3.8, 4) is 0 Å². The van der Waals surface area contributed by atoms with E-state index < -0.39 is 0 Å². The van der Waals surface area contributed by atoms with E-state index in [-0.39, 0.29) is 17.6 Å². The number of hydrogen-bond acceptors (Lipinski definition) is 4. The predicted octanol–water partition coefficient (Wildman–Crippen LogP) is 2.06. The molecular formula is C20H32FN5OS. The molecule has 1 unspecified atom stereocenters. The number of likely N-dealkylation sites (tertiary alicyclic amines) is 1. The fourth-order valence-corrected chi connectivity index (χ4v) is 4.07. The van der Waals surface area contributed by atoms with Gasteiger partial charge in [-0.05, 0) is 68.8 Å². The van der Waals surface area contributed by atoms with Crippen molar-refractivity contribution in [3.05, 3.63) is 30.1 Å². The van der Waals surface area contributed by atoms with Crippen LogP contribution in [0.15, 0.2) is 34.2 Å². The Labute approximate surface area is 171 Å². The SMILES string of the molecule is CN=C(NCCCSc1ccc(F)cc1)NCCCN1CCCC(C(N)=O)C1. The number of hydrogen-bond donors (Lipinski definition) is 3. The normalized spacial score (nSPS) is 18.1. The molecule has 1 aromatic rings. The Bertz CT molecular complexity index is 626. The molecule has 0 aromatic heterocycles. The minimum Gasteiger partial charge on any atom is -0.369 e. The molecule has 6 nitrogen and oxygen atoms in total. The van der Waals surface area contributed by atoms with Gasteiger partial charge in [0.1, 0.15) is 5.82 Å². The van der Waals surface area contributed by atoms with Gasteiger partial charge in [-0.15, -0.1) is 11.8 Å². The lowest BCUT2D eigenvalue weighted by Gasteiger charge is -2.31. The van der Waals surface area contributed by atoms with Crippen LogP contribution in [-0.2, 0) is 4.79 Å². The number of nitrogens with two attached hydrogens (primary N) is 1. The van der Waals surface area contributed by atoms with Gasteiger partial charge in [0.2, 0.25) is 5.91 Å². The molecule has 4 N–H and O–H groups in total. The first-order chi connectivity index (χ1) is 13.6.